The summed E-state index contributed by atoms with van der Waals surface area (Å²) >= 11 is 1.62. The van der Waals surface area contributed by atoms with Crippen molar-refractivity contribution in [3.8, 4) is 10.8 Å². The predicted molar refractivity (Wildman–Crippen MR) is 78.8 cm³/mol. The van der Waals surface area contributed by atoms with Crippen molar-refractivity contribution in [1.82, 2.24) is 25.2 Å². The third-order valence-corrected chi connectivity index (χ3v) is 4.55. The second kappa shape index (κ2) is 4.99. The van der Waals surface area contributed by atoms with Gasteiger partial charge in [0.2, 0.25) is 0 Å². The van der Waals surface area contributed by atoms with Gasteiger partial charge >= 0.3 is 0 Å². The van der Waals surface area contributed by atoms with Crippen LogP contribution in [0.3, 0.4) is 0 Å². The third kappa shape index (κ3) is 2.23. The molecule has 6 nitrogen and oxygen atoms in total. The van der Waals surface area contributed by atoms with Crippen LogP contribution in [0.25, 0.3) is 21.0 Å². The van der Waals surface area contributed by atoms with Gasteiger partial charge in [0.15, 0.2) is 5.82 Å². The molecule has 0 radical (unpaired) electrons. The zero-order valence-electron chi connectivity index (χ0n) is 12.0. The Morgan fingerprint density at radius 3 is 3.00 bits per heavy atom. The molecule has 1 atom stereocenters. The maximum Gasteiger partial charge on any atom is 0.268 e. The summed E-state index contributed by atoms with van der Waals surface area (Å²) in [5.41, 5.74) is 1.02. The Morgan fingerprint density at radius 2 is 2.30 bits per heavy atom. The predicted octanol–water partition coefficient (Wildman–Crippen LogP) is 2.14. The van der Waals surface area contributed by atoms with E-state index < -0.39 is 0 Å². The number of nitrogens with zero attached hydrogens (tertiary/aromatic N) is 4. The molecule has 7 heteroatoms. The second-order valence-electron chi connectivity index (χ2n) is 4.95. The molecule has 3 heterocycles. The number of likely N-dealkylation sites (N-methyl/N-ethyl adjacent to an activating group) is 1. The van der Waals surface area contributed by atoms with Crippen LogP contribution in [0, 0.1) is 6.92 Å². The molecule has 0 bridgehead atoms. The van der Waals surface area contributed by atoms with Crippen LogP contribution in [0.2, 0.25) is 0 Å². The molecule has 106 valence electrons. The number of nitrogens with one attached hydrogen (secondary N) is 1. The summed E-state index contributed by atoms with van der Waals surface area (Å²) in [4.78, 5) is 6.58. The summed E-state index contributed by atoms with van der Waals surface area (Å²) in [5.74, 6) is 1.32. The maximum atomic E-state index is 5.37. The van der Waals surface area contributed by atoms with E-state index in [4.69, 9.17) is 4.52 Å². The van der Waals surface area contributed by atoms with Gasteiger partial charge in [0.25, 0.3) is 5.89 Å². The first kappa shape index (κ1) is 13.3. The monoisotopic (exact) mass is 291 g/mol. The standard InChI is InChI=1S/C13H17N5OS/c1-7(14-3)5-11-15-12(19-17-11)10-6-9-8(2)16-18(4)13(9)20-10/h6-7,14H,5H2,1-4H3. The van der Waals surface area contributed by atoms with E-state index in [-0.39, 0.29) is 0 Å². The summed E-state index contributed by atoms with van der Waals surface area (Å²) in [5, 5.41) is 12.7. The lowest BCUT2D eigenvalue weighted by atomic mass is 10.2. The quantitative estimate of drug-likeness (QED) is 0.797. The van der Waals surface area contributed by atoms with Crippen LogP contribution in [-0.4, -0.2) is 33.0 Å². The van der Waals surface area contributed by atoms with Gasteiger partial charge in [-0.1, -0.05) is 5.16 Å². The molecular weight excluding hydrogens is 274 g/mol. The van der Waals surface area contributed by atoms with Crippen LogP contribution in [0.15, 0.2) is 10.6 Å². The van der Waals surface area contributed by atoms with Crippen LogP contribution in [0.5, 0.6) is 0 Å². The highest BCUT2D eigenvalue weighted by atomic mass is 32.1. The number of fused-ring (bicyclic) bond motifs is 1. The summed E-state index contributed by atoms with van der Waals surface area (Å²) in [6.45, 7) is 4.09. The first-order chi connectivity index (χ1) is 9.58. The van der Waals surface area contributed by atoms with Crippen molar-refractivity contribution in [2.45, 2.75) is 26.3 Å². The molecule has 0 saturated carbocycles. The molecule has 0 amide bonds. The molecule has 0 fully saturated rings. The number of thiophene rings is 1. The average molecular weight is 291 g/mol. The van der Waals surface area contributed by atoms with Gasteiger partial charge in [0.05, 0.1) is 10.6 Å². The van der Waals surface area contributed by atoms with Crippen molar-refractivity contribution >= 4 is 21.6 Å². The van der Waals surface area contributed by atoms with Crippen molar-refractivity contribution in [2.75, 3.05) is 7.05 Å². The highest BCUT2D eigenvalue weighted by Gasteiger charge is 2.16. The fraction of sp³-hybridized carbons (Fsp3) is 0.462. The Hall–Kier alpha value is -1.73. The molecule has 0 aromatic carbocycles. The summed E-state index contributed by atoms with van der Waals surface area (Å²) in [7, 11) is 3.87. The summed E-state index contributed by atoms with van der Waals surface area (Å²) in [6.07, 6.45) is 0.755. The molecule has 1 N–H and O–H groups in total. The molecule has 0 saturated heterocycles. The molecular formula is C13H17N5OS. The fourth-order valence-electron chi connectivity index (χ4n) is 2.12. The molecule has 20 heavy (non-hydrogen) atoms. The lowest BCUT2D eigenvalue weighted by Gasteiger charge is -2.04. The molecule has 0 aliphatic heterocycles. The van der Waals surface area contributed by atoms with Crippen LogP contribution in [0.4, 0.5) is 0 Å². The lowest BCUT2D eigenvalue weighted by Crippen LogP contribution is -2.24. The Kier molecular flexibility index (Phi) is 3.31. The normalized spacial score (nSPS) is 13.2. The van der Waals surface area contributed by atoms with Crippen LogP contribution < -0.4 is 5.32 Å². The van der Waals surface area contributed by atoms with Gasteiger partial charge in [-0.25, -0.2) is 0 Å². The zero-order valence-corrected chi connectivity index (χ0v) is 12.8. The number of aryl methyl sites for hydroxylation is 2. The Labute approximate surface area is 120 Å². The molecule has 3 rings (SSSR count). The van der Waals surface area contributed by atoms with Crippen molar-refractivity contribution in [3.05, 3.63) is 17.6 Å². The smallest absolute Gasteiger partial charge is 0.268 e. The third-order valence-electron chi connectivity index (χ3n) is 3.36. The van der Waals surface area contributed by atoms with Crippen molar-refractivity contribution in [1.29, 1.82) is 0 Å². The minimum absolute atomic E-state index is 0.328. The van der Waals surface area contributed by atoms with E-state index in [1.807, 2.05) is 25.7 Å². The topological polar surface area (TPSA) is 68.8 Å². The van der Waals surface area contributed by atoms with Gasteiger partial charge in [0.1, 0.15) is 4.83 Å². The minimum Gasteiger partial charge on any atom is -0.333 e. The fourth-order valence-corrected chi connectivity index (χ4v) is 3.17. The van der Waals surface area contributed by atoms with Crippen LogP contribution >= 0.6 is 11.3 Å². The van der Waals surface area contributed by atoms with Gasteiger partial charge < -0.3 is 9.84 Å². The first-order valence-electron chi connectivity index (χ1n) is 6.52. The minimum atomic E-state index is 0.328. The number of aromatic nitrogens is 4. The van der Waals surface area contributed by atoms with Gasteiger partial charge in [0, 0.05) is 24.9 Å². The Balaban J connectivity index is 1.93. The molecule has 0 aliphatic carbocycles. The van der Waals surface area contributed by atoms with Crippen LogP contribution in [0.1, 0.15) is 18.4 Å². The highest BCUT2D eigenvalue weighted by molar-refractivity contribution is 7.21. The number of hydrogen-bond donors (Lipinski definition) is 1. The molecule has 3 aromatic rings. The van der Waals surface area contributed by atoms with Gasteiger partial charge in [-0.05, 0) is 27.0 Å². The summed E-state index contributed by atoms with van der Waals surface area (Å²) in [6, 6.07) is 2.40. The van der Waals surface area contributed by atoms with Crippen molar-refractivity contribution < 1.29 is 4.52 Å². The van der Waals surface area contributed by atoms with E-state index >= 15 is 0 Å². The largest absolute Gasteiger partial charge is 0.333 e. The Morgan fingerprint density at radius 1 is 1.50 bits per heavy atom. The van der Waals surface area contributed by atoms with E-state index in [1.165, 1.54) is 0 Å². The molecule has 1 unspecified atom stereocenters. The molecule has 0 spiro atoms. The maximum absolute atomic E-state index is 5.37. The average Bonchev–Trinajstić information content (AvgIpc) is 3.08. The van der Waals surface area contributed by atoms with E-state index in [0.29, 0.717) is 11.9 Å². The van der Waals surface area contributed by atoms with E-state index in [9.17, 15) is 0 Å². The van der Waals surface area contributed by atoms with Crippen molar-refractivity contribution in [3.63, 3.8) is 0 Å². The summed E-state index contributed by atoms with van der Waals surface area (Å²) < 4.78 is 7.25. The molecule has 0 aliphatic rings. The molecule has 3 aromatic heterocycles. The number of hydrogen-bond acceptors (Lipinski definition) is 6. The van der Waals surface area contributed by atoms with Gasteiger partial charge in [-0.15, -0.1) is 11.3 Å². The van der Waals surface area contributed by atoms with Crippen molar-refractivity contribution in [2.24, 2.45) is 7.05 Å². The van der Waals surface area contributed by atoms with E-state index in [1.54, 1.807) is 11.3 Å². The van der Waals surface area contributed by atoms with E-state index in [2.05, 4.69) is 33.5 Å². The number of rotatable bonds is 4. The van der Waals surface area contributed by atoms with E-state index in [0.717, 1.165) is 33.0 Å². The highest BCUT2D eigenvalue weighted by Crippen LogP contribution is 2.33. The lowest BCUT2D eigenvalue weighted by molar-refractivity contribution is 0.419. The SMILES string of the molecule is CNC(C)Cc1noc(-c2cc3c(C)nn(C)c3s2)n1. The zero-order chi connectivity index (χ0) is 14.3. The Bertz CT molecular complexity index is 707. The second-order valence-corrected chi connectivity index (χ2v) is 5.98. The van der Waals surface area contributed by atoms with Crippen LogP contribution in [-0.2, 0) is 13.5 Å². The van der Waals surface area contributed by atoms with Gasteiger partial charge in [-0.2, -0.15) is 10.1 Å². The first-order valence-corrected chi connectivity index (χ1v) is 7.33. The van der Waals surface area contributed by atoms with Gasteiger partial charge in [-0.3, -0.25) is 4.68 Å².